The van der Waals surface area contributed by atoms with Gasteiger partial charge in [-0.25, -0.2) is 0 Å². The first-order valence-electron chi connectivity index (χ1n) is 6.14. The van der Waals surface area contributed by atoms with E-state index in [-0.39, 0.29) is 5.60 Å². The first-order valence-corrected chi connectivity index (χ1v) is 7.12. The number of nitrogen functional groups attached to an aromatic ring is 1. The fourth-order valence-electron chi connectivity index (χ4n) is 2.17. The van der Waals surface area contributed by atoms with Gasteiger partial charge in [-0.05, 0) is 51.3 Å². The maximum atomic E-state index is 5.99. The van der Waals surface area contributed by atoms with Gasteiger partial charge in [-0.15, -0.1) is 11.8 Å². The van der Waals surface area contributed by atoms with Crippen LogP contribution in [-0.2, 0) is 4.74 Å². The minimum absolute atomic E-state index is 0.0655. The average Bonchev–Trinajstić information content (AvgIpc) is 2.61. The molecule has 2 N–H and O–H groups in total. The fraction of sp³-hybridized carbons (Fsp3) is 0.571. The van der Waals surface area contributed by atoms with Crippen molar-refractivity contribution in [2.75, 3.05) is 11.5 Å². The zero-order valence-corrected chi connectivity index (χ0v) is 11.6. The monoisotopic (exact) mass is 251 g/mol. The van der Waals surface area contributed by atoms with Crippen LogP contribution in [0.2, 0.25) is 0 Å². The van der Waals surface area contributed by atoms with Gasteiger partial charge in [0.2, 0.25) is 0 Å². The molecule has 3 heteroatoms. The van der Waals surface area contributed by atoms with Gasteiger partial charge < -0.3 is 10.5 Å². The predicted molar refractivity (Wildman–Crippen MR) is 74.5 cm³/mol. The summed E-state index contributed by atoms with van der Waals surface area (Å²) in [6.07, 6.45) is 2.71. The Hall–Kier alpha value is -0.670. The molecule has 94 valence electrons. The van der Waals surface area contributed by atoms with Crippen molar-refractivity contribution in [1.29, 1.82) is 0 Å². The van der Waals surface area contributed by atoms with Crippen LogP contribution < -0.4 is 5.73 Å². The van der Waals surface area contributed by atoms with Crippen molar-refractivity contribution >= 4 is 17.4 Å². The molecule has 0 amide bonds. The van der Waals surface area contributed by atoms with Gasteiger partial charge in [0.15, 0.2) is 0 Å². The molecule has 2 rings (SSSR count). The molecular formula is C14H21NOS. The number of ether oxygens (including phenoxy) is 1. The summed E-state index contributed by atoms with van der Waals surface area (Å²) in [6.45, 7) is 6.42. The van der Waals surface area contributed by atoms with Crippen molar-refractivity contribution in [3.63, 3.8) is 0 Å². The van der Waals surface area contributed by atoms with E-state index in [9.17, 15) is 0 Å². The van der Waals surface area contributed by atoms with E-state index in [2.05, 4.69) is 26.8 Å². The van der Waals surface area contributed by atoms with E-state index in [4.69, 9.17) is 10.5 Å². The Bertz CT molecular complexity index is 403. The van der Waals surface area contributed by atoms with Crippen molar-refractivity contribution in [1.82, 2.24) is 0 Å². The van der Waals surface area contributed by atoms with E-state index in [0.717, 1.165) is 17.9 Å². The smallest absolute Gasteiger partial charge is 0.0677 e. The number of nitrogens with two attached hydrogens (primary N) is 1. The lowest BCUT2D eigenvalue weighted by Gasteiger charge is -2.19. The van der Waals surface area contributed by atoms with E-state index < -0.39 is 0 Å². The van der Waals surface area contributed by atoms with Crippen molar-refractivity contribution < 1.29 is 4.74 Å². The molecule has 1 unspecified atom stereocenters. The molecule has 1 aromatic carbocycles. The highest BCUT2D eigenvalue weighted by Crippen LogP contribution is 2.34. The van der Waals surface area contributed by atoms with Crippen molar-refractivity contribution in [3.8, 4) is 0 Å². The summed E-state index contributed by atoms with van der Waals surface area (Å²) in [7, 11) is 0. The number of thioether (sulfide) groups is 1. The third-order valence-corrected chi connectivity index (χ3v) is 4.60. The van der Waals surface area contributed by atoms with Gasteiger partial charge in [-0.1, -0.05) is 6.07 Å². The van der Waals surface area contributed by atoms with Crippen LogP contribution in [0.5, 0.6) is 0 Å². The molecule has 2 nitrogen and oxygen atoms in total. The highest BCUT2D eigenvalue weighted by Gasteiger charge is 2.31. The van der Waals surface area contributed by atoms with E-state index in [1.807, 2.05) is 23.9 Å². The summed E-state index contributed by atoms with van der Waals surface area (Å²) in [5.41, 5.74) is 8.04. The number of benzene rings is 1. The third kappa shape index (κ3) is 3.17. The summed E-state index contributed by atoms with van der Waals surface area (Å²) in [6, 6.07) is 6.11. The first-order chi connectivity index (χ1) is 7.98. The number of hydrogen-bond acceptors (Lipinski definition) is 3. The maximum Gasteiger partial charge on any atom is 0.0677 e. The molecule has 1 atom stereocenters. The second-order valence-electron chi connectivity index (χ2n) is 5.32. The highest BCUT2D eigenvalue weighted by atomic mass is 32.2. The second kappa shape index (κ2) is 4.91. The van der Waals surface area contributed by atoms with Gasteiger partial charge >= 0.3 is 0 Å². The van der Waals surface area contributed by atoms with Crippen LogP contribution in [0.15, 0.2) is 23.1 Å². The van der Waals surface area contributed by atoms with Crippen molar-refractivity contribution in [2.24, 2.45) is 0 Å². The Morgan fingerprint density at radius 1 is 1.47 bits per heavy atom. The predicted octanol–water partition coefficient (Wildman–Crippen LogP) is 3.63. The van der Waals surface area contributed by atoms with Crippen LogP contribution in [0.25, 0.3) is 0 Å². The second-order valence-corrected chi connectivity index (χ2v) is 6.38. The summed E-state index contributed by atoms with van der Waals surface area (Å²) >= 11 is 1.85. The molecule has 1 heterocycles. The molecule has 0 spiro atoms. The van der Waals surface area contributed by atoms with Crippen molar-refractivity contribution in [2.45, 2.75) is 50.2 Å². The lowest BCUT2D eigenvalue weighted by atomic mass is 10.1. The quantitative estimate of drug-likeness (QED) is 0.658. The van der Waals surface area contributed by atoms with E-state index >= 15 is 0 Å². The van der Waals surface area contributed by atoms with Gasteiger partial charge in [-0.2, -0.15) is 0 Å². The molecule has 1 aliphatic rings. The van der Waals surface area contributed by atoms with Crippen LogP contribution in [0.4, 0.5) is 5.69 Å². The minimum Gasteiger partial charge on any atom is -0.398 e. The molecule has 0 aromatic heterocycles. The van der Waals surface area contributed by atoms with Crippen LogP contribution >= 0.6 is 11.8 Å². The van der Waals surface area contributed by atoms with Crippen LogP contribution in [-0.4, -0.2) is 17.5 Å². The summed E-state index contributed by atoms with van der Waals surface area (Å²) in [5.74, 6) is 1.02. The number of rotatable bonds is 3. The van der Waals surface area contributed by atoms with E-state index in [1.54, 1.807) is 0 Å². The lowest BCUT2D eigenvalue weighted by Crippen LogP contribution is -2.21. The average molecular weight is 251 g/mol. The summed E-state index contributed by atoms with van der Waals surface area (Å²) in [4.78, 5) is 1.28. The zero-order chi connectivity index (χ0) is 12.5. The van der Waals surface area contributed by atoms with Crippen LogP contribution in [0.3, 0.4) is 0 Å². The topological polar surface area (TPSA) is 35.2 Å². The molecule has 1 fully saturated rings. The Morgan fingerprint density at radius 2 is 2.24 bits per heavy atom. The molecule has 0 bridgehead atoms. The molecule has 1 aliphatic heterocycles. The van der Waals surface area contributed by atoms with Gasteiger partial charge in [-0.3, -0.25) is 0 Å². The molecular weight excluding hydrogens is 230 g/mol. The van der Waals surface area contributed by atoms with Gasteiger partial charge in [0.1, 0.15) is 0 Å². The summed E-state index contributed by atoms with van der Waals surface area (Å²) in [5, 5.41) is 0. The Balaban J connectivity index is 1.93. The minimum atomic E-state index is 0.0655. The van der Waals surface area contributed by atoms with Gasteiger partial charge in [0, 0.05) is 16.3 Å². The molecule has 1 saturated heterocycles. The molecule has 17 heavy (non-hydrogen) atoms. The molecule has 0 saturated carbocycles. The first kappa shape index (κ1) is 12.8. The van der Waals surface area contributed by atoms with Crippen LogP contribution in [0, 0.1) is 6.92 Å². The highest BCUT2D eigenvalue weighted by molar-refractivity contribution is 7.99. The third-order valence-electron chi connectivity index (χ3n) is 3.30. The lowest BCUT2D eigenvalue weighted by molar-refractivity contribution is -0.00466. The van der Waals surface area contributed by atoms with E-state index in [0.29, 0.717) is 6.10 Å². The van der Waals surface area contributed by atoms with Gasteiger partial charge in [0.25, 0.3) is 0 Å². The molecule has 1 aromatic rings. The van der Waals surface area contributed by atoms with Crippen molar-refractivity contribution in [3.05, 3.63) is 23.8 Å². The Morgan fingerprint density at radius 3 is 2.88 bits per heavy atom. The fourth-order valence-corrected chi connectivity index (χ4v) is 3.27. The van der Waals surface area contributed by atoms with Gasteiger partial charge in [0.05, 0.1) is 11.7 Å². The Kier molecular flexibility index (Phi) is 3.69. The normalized spacial score (nSPS) is 22.9. The largest absolute Gasteiger partial charge is 0.398 e. The number of hydrogen-bond donors (Lipinski definition) is 1. The van der Waals surface area contributed by atoms with Crippen LogP contribution in [0.1, 0.15) is 32.3 Å². The molecule has 0 aliphatic carbocycles. The maximum absolute atomic E-state index is 5.99. The summed E-state index contributed by atoms with van der Waals surface area (Å²) < 4.78 is 5.99. The Labute approximate surface area is 108 Å². The number of anilines is 1. The zero-order valence-electron chi connectivity index (χ0n) is 10.8. The molecule has 0 radical (unpaired) electrons. The standard InChI is InChI=1S/C14H21NOS/c1-10-12(15)5-4-6-13(10)17-9-11-7-8-14(2,3)16-11/h4-6,11H,7-9,15H2,1-3H3. The SMILES string of the molecule is Cc1c(N)cccc1SCC1CCC(C)(C)O1. The van der Waals surface area contributed by atoms with E-state index in [1.165, 1.54) is 16.9 Å².